The van der Waals surface area contributed by atoms with E-state index in [9.17, 15) is 14.4 Å². The van der Waals surface area contributed by atoms with Gasteiger partial charge in [-0.25, -0.2) is 15.0 Å². The molecule has 4 N–H and O–H groups in total. The van der Waals surface area contributed by atoms with Crippen molar-refractivity contribution in [2.75, 3.05) is 46.9 Å². The lowest BCUT2D eigenvalue weighted by atomic mass is 10.1. The van der Waals surface area contributed by atoms with Gasteiger partial charge in [-0.15, -0.1) is 0 Å². The van der Waals surface area contributed by atoms with Crippen molar-refractivity contribution >= 4 is 40.5 Å². The summed E-state index contributed by atoms with van der Waals surface area (Å²) in [6, 6.07) is 18.1. The number of aromatic amines is 2. The second-order valence-electron chi connectivity index (χ2n) is 13.6. The van der Waals surface area contributed by atoms with Gasteiger partial charge >= 0.3 is 0 Å². The Bertz CT molecular complexity index is 2070. The number of hydrogen-bond donors (Lipinski definition) is 4. The lowest BCUT2D eigenvalue weighted by Gasteiger charge is -2.23. The molecule has 2 fully saturated rings. The molecule has 328 valence electrons. The van der Waals surface area contributed by atoms with Gasteiger partial charge in [0.2, 0.25) is 17.7 Å². The van der Waals surface area contributed by atoms with E-state index in [1.807, 2.05) is 72.9 Å². The lowest BCUT2D eigenvalue weighted by molar-refractivity contribution is -0.132. The van der Waals surface area contributed by atoms with E-state index in [-0.39, 0.29) is 30.3 Å². The summed E-state index contributed by atoms with van der Waals surface area (Å²) in [5.41, 5.74) is 5.21. The average molecular weight is 855 g/mol. The minimum atomic E-state index is -0.195. The number of carbonyl (C=O) groups excluding carboxylic acids is 4. The molecule has 2 aliphatic rings. The quantitative estimate of drug-likeness (QED) is 0.108. The van der Waals surface area contributed by atoms with Crippen molar-refractivity contribution < 1.29 is 23.9 Å². The summed E-state index contributed by atoms with van der Waals surface area (Å²) in [6.07, 6.45) is 16.8. The van der Waals surface area contributed by atoms with E-state index >= 15 is 0 Å². The predicted molar refractivity (Wildman–Crippen MR) is 243 cm³/mol. The molecule has 8 rings (SSSR count). The molecule has 0 aliphatic carbocycles. The summed E-state index contributed by atoms with van der Waals surface area (Å²) in [4.78, 5) is 67.9. The zero-order valence-electron chi connectivity index (χ0n) is 36.5. The van der Waals surface area contributed by atoms with Crippen molar-refractivity contribution in [2.24, 2.45) is 0 Å². The van der Waals surface area contributed by atoms with E-state index in [0.717, 1.165) is 85.2 Å². The van der Waals surface area contributed by atoms with Crippen LogP contribution in [-0.2, 0) is 23.9 Å². The third-order valence-corrected chi connectivity index (χ3v) is 10.1. The van der Waals surface area contributed by atoms with Crippen LogP contribution in [0.1, 0.15) is 78.3 Å². The van der Waals surface area contributed by atoms with Gasteiger partial charge in [0.15, 0.2) is 10.8 Å². The minimum Gasteiger partial charge on any atom is -0.471 e. The molecule has 16 heteroatoms. The number of rotatable bonds is 9. The predicted octanol–water partition coefficient (Wildman–Crippen LogP) is 7.39. The van der Waals surface area contributed by atoms with Gasteiger partial charge in [0.25, 0.3) is 6.47 Å². The summed E-state index contributed by atoms with van der Waals surface area (Å²) >= 11 is 1.66. The fourth-order valence-electron chi connectivity index (χ4n) is 6.15. The first-order valence-electron chi connectivity index (χ1n) is 20.8. The van der Waals surface area contributed by atoms with Gasteiger partial charge in [-0.3, -0.25) is 23.6 Å². The summed E-state index contributed by atoms with van der Waals surface area (Å²) in [5, 5.41) is 5.60. The Morgan fingerprint density at radius 2 is 1.51 bits per heavy atom. The van der Waals surface area contributed by atoms with Crippen LogP contribution in [-0.4, -0.2) is 110 Å². The van der Waals surface area contributed by atoms with Crippen molar-refractivity contribution in [3.05, 3.63) is 97.5 Å². The van der Waals surface area contributed by atoms with Crippen LogP contribution in [0.25, 0.3) is 38.2 Å². The molecule has 1 unspecified atom stereocenters. The summed E-state index contributed by atoms with van der Waals surface area (Å²) in [5.74, 6) is 0.868. The Balaban J connectivity index is 0.000000234. The van der Waals surface area contributed by atoms with Gasteiger partial charge in [0.1, 0.15) is 11.7 Å². The second-order valence-corrected chi connectivity index (χ2v) is 14.6. The van der Waals surface area contributed by atoms with Crippen LogP contribution in [0.15, 0.2) is 91.9 Å². The number of thiazole rings is 1. The number of benzene rings is 2. The molecule has 6 heterocycles. The molecule has 61 heavy (non-hydrogen) atoms. The highest BCUT2D eigenvalue weighted by Crippen LogP contribution is 2.31. The number of fused-ring (bicyclic) bond motifs is 1. The maximum atomic E-state index is 12.2. The third-order valence-electron chi connectivity index (χ3n) is 9.01. The van der Waals surface area contributed by atoms with E-state index in [0.29, 0.717) is 6.47 Å². The number of amides is 3. The van der Waals surface area contributed by atoms with Crippen molar-refractivity contribution in [2.45, 2.75) is 72.8 Å². The standard InChI is InChI=1S/C17H12N6S.C13H18N2O.C8H14N2O2.C3H8.C2H4O2.C2H6/c1-3-12(4-2-11(1)13-7-18-10-21-13)15-9-23-8-14(22-17(23)24-15)16-19-5-6-20-16;1-14-12(11-7-3-2-4-8-11)13(16)15-9-5-6-10-15;1-7(11)9-6-8(12)10-4-2-3-5-10;1-3-2;1-4-2-3;1-2/h1-10H,(H,18,21)(H,19,20);2-4,7-8,12,14H,5-6,9-10H2,1H3;2-6H2,1H3,(H,9,11);3H2,1-2H3;2H,1H3;1-2H3. The van der Waals surface area contributed by atoms with E-state index in [4.69, 9.17) is 4.79 Å². The fourth-order valence-corrected chi connectivity index (χ4v) is 7.12. The van der Waals surface area contributed by atoms with Gasteiger partial charge in [-0.05, 0) is 49.4 Å². The number of carbonyl (C=O) groups is 4. The molecule has 3 amide bonds. The Morgan fingerprint density at radius 1 is 0.902 bits per heavy atom. The highest BCUT2D eigenvalue weighted by Gasteiger charge is 2.26. The van der Waals surface area contributed by atoms with Crippen molar-refractivity contribution in [1.29, 1.82) is 0 Å². The highest BCUT2D eigenvalue weighted by atomic mass is 32.1. The largest absolute Gasteiger partial charge is 0.471 e. The van der Waals surface area contributed by atoms with Crippen LogP contribution >= 0.6 is 11.3 Å². The van der Waals surface area contributed by atoms with Crippen molar-refractivity contribution in [3.8, 4) is 33.2 Å². The zero-order chi connectivity index (χ0) is 44.4. The topological polar surface area (TPSA) is 183 Å². The zero-order valence-corrected chi connectivity index (χ0v) is 37.3. The van der Waals surface area contributed by atoms with Crippen LogP contribution < -0.4 is 10.6 Å². The Kier molecular flexibility index (Phi) is 22.3. The average Bonchev–Trinajstić information content (AvgIpc) is 4.15. The molecule has 2 saturated heterocycles. The molecule has 0 saturated carbocycles. The number of H-pyrrole nitrogens is 2. The molecule has 2 aliphatic heterocycles. The molecule has 2 aromatic carbocycles. The molecule has 0 radical (unpaired) electrons. The maximum absolute atomic E-state index is 12.2. The first-order chi connectivity index (χ1) is 29.7. The highest BCUT2D eigenvalue weighted by molar-refractivity contribution is 7.20. The van der Waals surface area contributed by atoms with Crippen LogP contribution in [0.4, 0.5) is 0 Å². The summed E-state index contributed by atoms with van der Waals surface area (Å²) in [7, 11) is 3.15. The lowest BCUT2D eigenvalue weighted by Crippen LogP contribution is -2.38. The van der Waals surface area contributed by atoms with Gasteiger partial charge in [0, 0.05) is 57.9 Å². The number of likely N-dealkylation sites (tertiary alicyclic amines) is 2. The number of nitrogens with zero attached hydrogens (tertiary/aromatic N) is 6. The first-order valence-corrected chi connectivity index (χ1v) is 21.6. The molecule has 6 aromatic rings. The second kappa shape index (κ2) is 27.6. The van der Waals surface area contributed by atoms with Crippen LogP contribution in [0, 0.1) is 0 Å². The van der Waals surface area contributed by atoms with Crippen molar-refractivity contribution in [1.82, 2.24) is 49.8 Å². The Hall–Kier alpha value is -6.13. The van der Waals surface area contributed by atoms with E-state index < -0.39 is 0 Å². The van der Waals surface area contributed by atoms with E-state index in [1.165, 1.54) is 30.9 Å². The molecule has 4 aromatic heterocycles. The van der Waals surface area contributed by atoms with Gasteiger partial charge in [-0.2, -0.15) is 0 Å². The summed E-state index contributed by atoms with van der Waals surface area (Å²) in [6.45, 7) is 13.7. The number of likely N-dealkylation sites (N-methyl/N-ethyl adjacent to an activating group) is 1. The summed E-state index contributed by atoms with van der Waals surface area (Å²) < 4.78 is 5.90. The number of ether oxygens (including phenoxy) is 1. The fraction of sp³-hybridized carbons (Fsp3) is 0.400. The molecule has 1 atom stereocenters. The number of nitrogens with one attached hydrogen (secondary N) is 4. The number of methoxy groups -OCH3 is 1. The number of aromatic nitrogens is 6. The SMILES string of the molecule is CC.CC(=O)NCC(=O)N1CCCC1.CCC.CNC(C(=O)N1CCCC1)c1ccccc1.COC=O.c1c[nH]c(-c2cn3cc(-c4ccc(-c5cnc[nH]5)cc4)sc3n2)n1. The van der Waals surface area contributed by atoms with Crippen LogP contribution in [0.2, 0.25) is 0 Å². The third kappa shape index (κ3) is 15.8. The number of hydrogen-bond acceptors (Lipinski definition) is 10. The number of imidazole rings is 3. The molecule has 15 nitrogen and oxygen atoms in total. The molecule has 0 spiro atoms. The Labute approximate surface area is 363 Å². The first kappa shape index (κ1) is 49.2. The smallest absolute Gasteiger partial charge is 0.292 e. The van der Waals surface area contributed by atoms with Crippen LogP contribution in [0.5, 0.6) is 0 Å². The molecular formula is C45H62N10O5S. The van der Waals surface area contributed by atoms with E-state index in [2.05, 4.69) is 84.6 Å². The van der Waals surface area contributed by atoms with Gasteiger partial charge < -0.3 is 35.1 Å². The monoisotopic (exact) mass is 854 g/mol. The van der Waals surface area contributed by atoms with Crippen LogP contribution in [0.3, 0.4) is 0 Å². The molecular weight excluding hydrogens is 793 g/mol. The Morgan fingerprint density at radius 3 is 2.02 bits per heavy atom. The van der Waals surface area contributed by atoms with Gasteiger partial charge in [-0.1, -0.05) is 100 Å². The van der Waals surface area contributed by atoms with Gasteiger partial charge in [0.05, 0.1) is 36.7 Å². The van der Waals surface area contributed by atoms with E-state index in [1.54, 1.807) is 35.0 Å². The van der Waals surface area contributed by atoms with Crippen molar-refractivity contribution in [3.63, 3.8) is 0 Å². The minimum absolute atomic E-state index is 0.0303. The molecule has 0 bridgehead atoms. The maximum Gasteiger partial charge on any atom is 0.292 e. The normalized spacial score (nSPS) is 13.0.